The lowest BCUT2D eigenvalue weighted by Crippen LogP contribution is -2.44. The maximum Gasteiger partial charge on any atom is 0.407 e. The summed E-state index contributed by atoms with van der Waals surface area (Å²) in [5.41, 5.74) is 0.875. The number of carboxylic acids is 1. The zero-order valence-corrected chi connectivity index (χ0v) is 11.7. The summed E-state index contributed by atoms with van der Waals surface area (Å²) in [6.07, 6.45) is 0.565. The average molecular weight is 293 g/mol. The van der Waals surface area contributed by atoms with Gasteiger partial charge >= 0.3 is 12.1 Å². The molecule has 0 aliphatic carbocycles. The summed E-state index contributed by atoms with van der Waals surface area (Å²) >= 11 is 0. The van der Waals surface area contributed by atoms with Crippen LogP contribution in [0.15, 0.2) is 30.3 Å². The van der Waals surface area contributed by atoms with Gasteiger partial charge < -0.3 is 19.9 Å². The number of aliphatic carboxylic acids is 1. The van der Waals surface area contributed by atoms with Gasteiger partial charge in [-0.1, -0.05) is 30.3 Å². The van der Waals surface area contributed by atoms with Crippen molar-refractivity contribution in [3.05, 3.63) is 35.9 Å². The van der Waals surface area contributed by atoms with E-state index in [4.69, 9.17) is 14.6 Å². The van der Waals surface area contributed by atoms with E-state index in [0.29, 0.717) is 6.61 Å². The number of hydrogen-bond acceptors (Lipinski definition) is 4. The third-order valence-electron chi connectivity index (χ3n) is 3.32. The van der Waals surface area contributed by atoms with Crippen molar-refractivity contribution in [2.24, 2.45) is 0 Å². The van der Waals surface area contributed by atoms with Gasteiger partial charge in [0.2, 0.25) is 0 Å². The lowest BCUT2D eigenvalue weighted by molar-refractivity contribution is -0.138. The predicted molar refractivity (Wildman–Crippen MR) is 74.8 cm³/mol. The Kier molecular flexibility index (Phi) is 5.57. The van der Waals surface area contributed by atoms with Crippen molar-refractivity contribution < 1.29 is 24.2 Å². The number of carbonyl (C=O) groups excluding carboxylic acids is 1. The summed E-state index contributed by atoms with van der Waals surface area (Å²) in [6, 6.07) is 8.73. The number of carbonyl (C=O) groups is 2. The normalized spacial score (nSPS) is 19.0. The lowest BCUT2D eigenvalue weighted by Gasteiger charge is -2.22. The molecule has 1 fully saturated rings. The fourth-order valence-electron chi connectivity index (χ4n) is 2.30. The monoisotopic (exact) mass is 293 g/mol. The molecule has 0 bridgehead atoms. The van der Waals surface area contributed by atoms with Crippen molar-refractivity contribution in [3.63, 3.8) is 0 Å². The van der Waals surface area contributed by atoms with E-state index >= 15 is 0 Å². The van der Waals surface area contributed by atoms with Gasteiger partial charge in [-0.3, -0.25) is 4.79 Å². The van der Waals surface area contributed by atoms with Gasteiger partial charge in [0, 0.05) is 6.61 Å². The molecule has 2 N–H and O–H groups in total. The second kappa shape index (κ2) is 7.64. The summed E-state index contributed by atoms with van der Waals surface area (Å²) in [4.78, 5) is 22.7. The zero-order chi connectivity index (χ0) is 15.1. The predicted octanol–water partition coefficient (Wildman–Crippen LogP) is 1.94. The maximum atomic E-state index is 11.8. The zero-order valence-electron chi connectivity index (χ0n) is 11.7. The molecule has 1 saturated heterocycles. The van der Waals surface area contributed by atoms with Crippen molar-refractivity contribution in [1.29, 1.82) is 0 Å². The van der Waals surface area contributed by atoms with E-state index in [-0.39, 0.29) is 19.1 Å². The third-order valence-corrected chi connectivity index (χ3v) is 3.32. The fourth-order valence-corrected chi connectivity index (χ4v) is 2.30. The Morgan fingerprint density at radius 2 is 2.14 bits per heavy atom. The molecule has 0 aromatic heterocycles. The Hall–Kier alpha value is -2.08. The number of nitrogens with one attached hydrogen (secondary N) is 1. The first-order chi connectivity index (χ1) is 10.1. The highest BCUT2D eigenvalue weighted by Crippen LogP contribution is 2.18. The van der Waals surface area contributed by atoms with E-state index in [1.54, 1.807) is 0 Å². The second-order valence-electron chi connectivity index (χ2n) is 4.96. The molecule has 114 valence electrons. The van der Waals surface area contributed by atoms with Crippen molar-refractivity contribution in [2.75, 3.05) is 6.61 Å². The van der Waals surface area contributed by atoms with Gasteiger partial charge in [-0.2, -0.15) is 0 Å². The maximum absolute atomic E-state index is 11.8. The van der Waals surface area contributed by atoms with Crippen LogP contribution < -0.4 is 5.32 Å². The van der Waals surface area contributed by atoms with Crippen LogP contribution in [0.5, 0.6) is 0 Å². The van der Waals surface area contributed by atoms with Gasteiger partial charge in [0.05, 0.1) is 18.6 Å². The first-order valence-corrected chi connectivity index (χ1v) is 6.96. The molecule has 2 unspecified atom stereocenters. The van der Waals surface area contributed by atoms with Gasteiger partial charge in [0.1, 0.15) is 6.61 Å². The van der Waals surface area contributed by atoms with E-state index in [0.717, 1.165) is 18.4 Å². The van der Waals surface area contributed by atoms with Gasteiger partial charge in [-0.15, -0.1) is 0 Å². The summed E-state index contributed by atoms with van der Waals surface area (Å²) in [5.74, 6) is -0.973. The number of alkyl carbamates (subject to hydrolysis) is 1. The number of hydrogen-bond donors (Lipinski definition) is 2. The van der Waals surface area contributed by atoms with Crippen molar-refractivity contribution in [2.45, 2.75) is 38.0 Å². The van der Waals surface area contributed by atoms with Crippen LogP contribution in [-0.4, -0.2) is 35.9 Å². The van der Waals surface area contributed by atoms with Gasteiger partial charge in [-0.05, 0) is 18.4 Å². The minimum Gasteiger partial charge on any atom is -0.481 e. The standard InChI is InChI=1S/C15H19NO5/c17-14(18)9-12(13-7-4-8-20-13)16-15(19)21-10-11-5-2-1-3-6-11/h1-3,5-6,12-13H,4,7-10H2,(H,16,19)(H,17,18). The molecule has 1 aromatic rings. The van der Waals surface area contributed by atoms with Crippen LogP contribution in [-0.2, 0) is 20.9 Å². The van der Waals surface area contributed by atoms with Crippen molar-refractivity contribution in [1.82, 2.24) is 5.32 Å². The minimum atomic E-state index is -0.973. The van der Waals surface area contributed by atoms with Crippen molar-refractivity contribution in [3.8, 4) is 0 Å². The molecule has 0 spiro atoms. The topological polar surface area (TPSA) is 84.9 Å². The third kappa shape index (κ3) is 5.07. The number of carboxylic acid groups (broad SMARTS) is 1. The Morgan fingerprint density at radius 3 is 2.76 bits per heavy atom. The summed E-state index contributed by atoms with van der Waals surface area (Å²) < 4.78 is 10.5. The number of amides is 1. The summed E-state index contributed by atoms with van der Waals surface area (Å²) in [7, 11) is 0. The molecular formula is C15H19NO5. The van der Waals surface area contributed by atoms with Crippen molar-refractivity contribution >= 4 is 12.1 Å². The first-order valence-electron chi connectivity index (χ1n) is 6.96. The van der Waals surface area contributed by atoms with E-state index in [2.05, 4.69) is 5.32 Å². The Morgan fingerprint density at radius 1 is 1.38 bits per heavy atom. The van der Waals surface area contributed by atoms with Crippen LogP contribution in [0.2, 0.25) is 0 Å². The molecule has 21 heavy (non-hydrogen) atoms. The second-order valence-corrected chi connectivity index (χ2v) is 4.96. The highest BCUT2D eigenvalue weighted by atomic mass is 16.5. The quantitative estimate of drug-likeness (QED) is 0.837. The molecule has 2 rings (SSSR count). The SMILES string of the molecule is O=C(O)CC(NC(=O)OCc1ccccc1)C1CCCO1. The molecule has 1 aliphatic heterocycles. The molecule has 1 aromatic carbocycles. The largest absolute Gasteiger partial charge is 0.481 e. The molecular weight excluding hydrogens is 274 g/mol. The molecule has 1 aliphatic rings. The molecule has 0 saturated carbocycles. The fraction of sp³-hybridized carbons (Fsp3) is 0.467. The van der Waals surface area contributed by atoms with Crippen LogP contribution in [0.1, 0.15) is 24.8 Å². The first kappa shape index (κ1) is 15.3. The van der Waals surface area contributed by atoms with Gasteiger partial charge in [0.15, 0.2) is 0 Å². The summed E-state index contributed by atoms with van der Waals surface area (Å²) in [6.45, 7) is 0.750. The highest BCUT2D eigenvalue weighted by molar-refractivity contribution is 5.71. The highest BCUT2D eigenvalue weighted by Gasteiger charge is 2.29. The Labute approximate surface area is 123 Å². The number of rotatable bonds is 6. The molecule has 6 nitrogen and oxygen atoms in total. The lowest BCUT2D eigenvalue weighted by atomic mass is 10.1. The molecule has 2 atom stereocenters. The van der Waals surface area contributed by atoms with Crippen LogP contribution in [0.25, 0.3) is 0 Å². The van der Waals surface area contributed by atoms with E-state index in [1.165, 1.54) is 0 Å². The van der Waals surface area contributed by atoms with E-state index in [9.17, 15) is 9.59 Å². The summed E-state index contributed by atoms with van der Waals surface area (Å²) in [5, 5.41) is 11.5. The average Bonchev–Trinajstić information content (AvgIpc) is 2.99. The van der Waals surface area contributed by atoms with Gasteiger partial charge in [-0.25, -0.2) is 4.79 Å². The number of ether oxygens (including phenoxy) is 2. The van der Waals surface area contributed by atoms with Crippen LogP contribution in [0, 0.1) is 0 Å². The Bertz CT molecular complexity index is 470. The smallest absolute Gasteiger partial charge is 0.407 e. The van der Waals surface area contributed by atoms with E-state index < -0.39 is 18.1 Å². The van der Waals surface area contributed by atoms with E-state index in [1.807, 2.05) is 30.3 Å². The molecule has 1 heterocycles. The minimum absolute atomic E-state index is 0.151. The molecule has 0 radical (unpaired) electrons. The molecule has 1 amide bonds. The van der Waals surface area contributed by atoms with Crippen LogP contribution in [0.3, 0.4) is 0 Å². The van der Waals surface area contributed by atoms with Crippen LogP contribution >= 0.6 is 0 Å². The Balaban J connectivity index is 1.83. The van der Waals surface area contributed by atoms with Crippen LogP contribution in [0.4, 0.5) is 4.79 Å². The molecule has 6 heteroatoms. The number of benzene rings is 1. The van der Waals surface area contributed by atoms with Gasteiger partial charge in [0.25, 0.3) is 0 Å².